The van der Waals surface area contributed by atoms with E-state index in [2.05, 4.69) is 10.6 Å². The number of nitrogens with one attached hydrogen (secondary N) is 2. The highest BCUT2D eigenvalue weighted by molar-refractivity contribution is 6.06. The van der Waals surface area contributed by atoms with Gasteiger partial charge in [-0.05, 0) is 13.3 Å². The Hall–Kier alpha value is -2.31. The number of nitrogens with zero attached hydrogens (tertiary/aromatic N) is 2. The molecule has 7 heteroatoms. The summed E-state index contributed by atoms with van der Waals surface area (Å²) in [5.41, 5.74) is 0.442. The van der Waals surface area contributed by atoms with Gasteiger partial charge in [0.2, 0.25) is 0 Å². The van der Waals surface area contributed by atoms with Gasteiger partial charge >= 0.3 is 5.69 Å². The molecule has 19 heavy (non-hydrogen) atoms. The van der Waals surface area contributed by atoms with Crippen LogP contribution in [0.5, 0.6) is 0 Å². The van der Waals surface area contributed by atoms with Crippen LogP contribution < -0.4 is 21.9 Å². The molecular formula is C12H16N4O3. The van der Waals surface area contributed by atoms with Gasteiger partial charge in [-0.1, -0.05) is 6.92 Å². The Morgan fingerprint density at radius 1 is 1.05 bits per heavy atom. The summed E-state index contributed by atoms with van der Waals surface area (Å²) >= 11 is 0. The molecule has 0 saturated heterocycles. The number of hydrogen-bond acceptors (Lipinski definition) is 4. The van der Waals surface area contributed by atoms with E-state index >= 15 is 0 Å². The van der Waals surface area contributed by atoms with Gasteiger partial charge in [-0.2, -0.15) is 0 Å². The molecule has 0 radical (unpaired) electrons. The Morgan fingerprint density at radius 2 is 1.68 bits per heavy atom. The summed E-state index contributed by atoms with van der Waals surface area (Å²) in [5.74, 6) is -0.101. The molecule has 0 atom stereocenters. The summed E-state index contributed by atoms with van der Waals surface area (Å²) < 4.78 is 2.25. The van der Waals surface area contributed by atoms with Crippen molar-refractivity contribution in [2.24, 2.45) is 14.1 Å². The number of carbonyl (C=O) groups is 1. The van der Waals surface area contributed by atoms with Crippen LogP contribution in [-0.4, -0.2) is 15.0 Å². The summed E-state index contributed by atoms with van der Waals surface area (Å²) in [7, 11) is 2.91. The number of aromatic nitrogens is 2. The zero-order valence-corrected chi connectivity index (χ0v) is 11.3. The Bertz CT molecular complexity index is 709. The molecular weight excluding hydrogens is 248 g/mol. The minimum absolute atomic E-state index is 0.195. The molecule has 1 amide bonds. The lowest BCUT2D eigenvalue weighted by molar-refractivity contribution is -0.113. The van der Waals surface area contributed by atoms with Crippen molar-refractivity contribution < 1.29 is 4.79 Å². The van der Waals surface area contributed by atoms with Gasteiger partial charge in [-0.15, -0.1) is 0 Å². The van der Waals surface area contributed by atoms with Crippen LogP contribution in [0.4, 0.5) is 11.5 Å². The average Bonchev–Trinajstić information content (AvgIpc) is 2.50. The molecule has 0 spiro atoms. The van der Waals surface area contributed by atoms with Gasteiger partial charge in [0.1, 0.15) is 11.5 Å². The standard InChI is InChI=1S/C12H16N4O3/c1-5-7-6(2)13-8-9(14-10(7)17)15(3)12(19)16(4)11(8)18/h13H,5H2,1-4H3,(H,14,17). The van der Waals surface area contributed by atoms with Gasteiger partial charge < -0.3 is 10.6 Å². The van der Waals surface area contributed by atoms with E-state index in [1.165, 1.54) is 18.7 Å². The summed E-state index contributed by atoms with van der Waals surface area (Å²) in [5, 5.41) is 5.56. The number of carbonyl (C=O) groups excluding carboxylic acids is 1. The number of hydrogen-bond donors (Lipinski definition) is 2. The summed E-state index contributed by atoms with van der Waals surface area (Å²) in [4.78, 5) is 36.0. The molecule has 102 valence electrons. The normalized spacial score (nSPS) is 14.6. The topological polar surface area (TPSA) is 85.1 Å². The van der Waals surface area contributed by atoms with Crippen molar-refractivity contribution in [3.05, 3.63) is 32.1 Å². The largest absolute Gasteiger partial charge is 0.351 e. The molecule has 0 bridgehead atoms. The monoisotopic (exact) mass is 264 g/mol. The van der Waals surface area contributed by atoms with Gasteiger partial charge in [0, 0.05) is 25.4 Å². The first-order chi connectivity index (χ1) is 8.88. The second-order valence-corrected chi connectivity index (χ2v) is 4.47. The van der Waals surface area contributed by atoms with Gasteiger partial charge in [0.25, 0.3) is 11.5 Å². The highest BCUT2D eigenvalue weighted by atomic mass is 16.2. The maximum absolute atomic E-state index is 12.1. The van der Waals surface area contributed by atoms with Crippen molar-refractivity contribution in [2.75, 3.05) is 10.6 Å². The number of anilines is 2. The maximum Gasteiger partial charge on any atom is 0.332 e. The fourth-order valence-electron chi connectivity index (χ4n) is 2.15. The van der Waals surface area contributed by atoms with Crippen LogP contribution in [0.15, 0.2) is 20.9 Å². The summed E-state index contributed by atoms with van der Waals surface area (Å²) in [6, 6.07) is 0. The quantitative estimate of drug-likeness (QED) is 0.755. The molecule has 1 aromatic rings. The lowest BCUT2D eigenvalue weighted by atomic mass is 10.1. The summed E-state index contributed by atoms with van der Waals surface area (Å²) in [6.45, 7) is 3.59. The van der Waals surface area contributed by atoms with E-state index in [0.29, 0.717) is 17.7 Å². The zero-order chi connectivity index (χ0) is 14.3. The number of allylic oxidation sites excluding steroid dienone is 1. The van der Waals surface area contributed by atoms with Crippen molar-refractivity contribution in [2.45, 2.75) is 20.3 Å². The van der Waals surface area contributed by atoms with Crippen LogP contribution in [-0.2, 0) is 18.9 Å². The SMILES string of the molecule is CCC1=C(C)Nc2c(n(C)c(=O)n(C)c2=O)NC1=O. The second-order valence-electron chi connectivity index (χ2n) is 4.47. The molecule has 2 N–H and O–H groups in total. The zero-order valence-electron chi connectivity index (χ0n) is 11.3. The van der Waals surface area contributed by atoms with Gasteiger partial charge in [-0.3, -0.25) is 18.7 Å². The van der Waals surface area contributed by atoms with Gasteiger partial charge in [0.15, 0.2) is 0 Å². The third-order valence-electron chi connectivity index (χ3n) is 3.29. The highest BCUT2D eigenvalue weighted by Crippen LogP contribution is 2.23. The van der Waals surface area contributed by atoms with E-state index in [4.69, 9.17) is 0 Å². The Balaban J connectivity index is 2.78. The minimum atomic E-state index is -0.483. The van der Waals surface area contributed by atoms with Gasteiger partial charge in [-0.25, -0.2) is 4.79 Å². The van der Waals surface area contributed by atoms with Crippen molar-refractivity contribution in [1.29, 1.82) is 0 Å². The lowest BCUT2D eigenvalue weighted by Gasteiger charge is -2.13. The number of fused-ring (bicyclic) bond motifs is 1. The number of rotatable bonds is 1. The Kier molecular flexibility index (Phi) is 3.05. The highest BCUT2D eigenvalue weighted by Gasteiger charge is 2.24. The fourth-order valence-corrected chi connectivity index (χ4v) is 2.15. The smallest absolute Gasteiger partial charge is 0.332 e. The average molecular weight is 264 g/mol. The van der Waals surface area contributed by atoms with E-state index in [-0.39, 0.29) is 17.4 Å². The van der Waals surface area contributed by atoms with E-state index in [1.807, 2.05) is 6.92 Å². The molecule has 0 aliphatic carbocycles. The minimum Gasteiger partial charge on any atom is -0.351 e. The van der Waals surface area contributed by atoms with Crippen molar-refractivity contribution >= 4 is 17.4 Å². The van der Waals surface area contributed by atoms with Crippen molar-refractivity contribution in [3.8, 4) is 0 Å². The molecule has 1 aliphatic rings. The Labute approximate surface area is 109 Å². The van der Waals surface area contributed by atoms with Crippen LogP contribution in [0.25, 0.3) is 0 Å². The first kappa shape index (κ1) is 13.1. The molecule has 1 aliphatic heterocycles. The molecule has 7 nitrogen and oxygen atoms in total. The molecule has 0 saturated carbocycles. The van der Waals surface area contributed by atoms with E-state index in [0.717, 1.165) is 4.57 Å². The predicted molar refractivity (Wildman–Crippen MR) is 72.2 cm³/mol. The Morgan fingerprint density at radius 3 is 2.26 bits per heavy atom. The van der Waals surface area contributed by atoms with Gasteiger partial charge in [0.05, 0.1) is 0 Å². The van der Waals surface area contributed by atoms with Crippen LogP contribution in [0.3, 0.4) is 0 Å². The fraction of sp³-hybridized carbons (Fsp3) is 0.417. The second kappa shape index (κ2) is 4.42. The third kappa shape index (κ3) is 1.87. The molecule has 2 rings (SSSR count). The summed E-state index contributed by atoms with van der Waals surface area (Å²) in [6.07, 6.45) is 0.535. The first-order valence-corrected chi connectivity index (χ1v) is 5.96. The molecule has 0 aromatic carbocycles. The maximum atomic E-state index is 12.1. The third-order valence-corrected chi connectivity index (χ3v) is 3.29. The first-order valence-electron chi connectivity index (χ1n) is 5.96. The van der Waals surface area contributed by atoms with Crippen LogP contribution >= 0.6 is 0 Å². The van der Waals surface area contributed by atoms with E-state index < -0.39 is 11.2 Å². The van der Waals surface area contributed by atoms with E-state index in [9.17, 15) is 14.4 Å². The molecule has 1 aromatic heterocycles. The lowest BCUT2D eigenvalue weighted by Crippen LogP contribution is -2.39. The number of amides is 1. The van der Waals surface area contributed by atoms with Crippen molar-refractivity contribution in [3.63, 3.8) is 0 Å². The van der Waals surface area contributed by atoms with Crippen LogP contribution in [0.1, 0.15) is 20.3 Å². The molecule has 2 heterocycles. The predicted octanol–water partition coefficient (Wildman–Crippen LogP) is 0.132. The van der Waals surface area contributed by atoms with Crippen LogP contribution in [0.2, 0.25) is 0 Å². The molecule has 0 fully saturated rings. The molecule has 0 unspecified atom stereocenters. The van der Waals surface area contributed by atoms with Crippen molar-refractivity contribution in [1.82, 2.24) is 9.13 Å². The van der Waals surface area contributed by atoms with E-state index in [1.54, 1.807) is 6.92 Å². The van der Waals surface area contributed by atoms with Crippen LogP contribution in [0, 0.1) is 0 Å².